The fourth-order valence-electron chi connectivity index (χ4n) is 2.10. The maximum absolute atomic E-state index is 12.0. The molecule has 0 aliphatic heterocycles. The van der Waals surface area contributed by atoms with Gasteiger partial charge in [-0.15, -0.1) is 0 Å². The topological polar surface area (TPSA) is 29.5 Å². The Morgan fingerprint density at radius 2 is 1.62 bits per heavy atom. The molecule has 0 bridgehead atoms. The van der Waals surface area contributed by atoms with Gasteiger partial charge in [0.05, 0.1) is 13.2 Å². The number of nitrogens with zero attached hydrogens (tertiary/aromatic N) is 1. The summed E-state index contributed by atoms with van der Waals surface area (Å²) in [6, 6.07) is 15.4. The first-order chi connectivity index (χ1) is 11.6. The average molecular weight is 322 g/mol. The summed E-state index contributed by atoms with van der Waals surface area (Å²) < 4.78 is 17.1. The average Bonchev–Trinajstić information content (AvgIpc) is 2.61. The molecule has 1 amide bonds. The summed E-state index contributed by atoms with van der Waals surface area (Å²) in [6.45, 7) is 0.0835. The minimum absolute atomic E-state index is 0.128. The highest BCUT2D eigenvalue weighted by Gasteiger charge is 2.03. The second-order valence-electron chi connectivity index (χ2n) is 5.31. The van der Waals surface area contributed by atoms with Crippen LogP contribution in [0.3, 0.4) is 0 Å². The van der Waals surface area contributed by atoms with E-state index in [0.717, 1.165) is 22.4 Å². The lowest BCUT2D eigenvalue weighted by atomic mass is 10.1. The van der Waals surface area contributed by atoms with Crippen LogP contribution in [0.1, 0.15) is 16.7 Å². The van der Waals surface area contributed by atoms with Crippen molar-refractivity contribution in [1.29, 1.82) is 0 Å². The molecule has 0 unspecified atom stereocenters. The van der Waals surface area contributed by atoms with Gasteiger partial charge >= 0.3 is 0 Å². The molecule has 0 N–H and O–H groups in total. The first-order valence-electron chi connectivity index (χ1n) is 7.64. The van der Waals surface area contributed by atoms with Crippen molar-refractivity contribution in [2.75, 3.05) is 25.2 Å². The highest BCUT2D eigenvalue weighted by atomic mass is 18.2. The van der Waals surface area contributed by atoms with Gasteiger partial charge in [0, 0.05) is 12.7 Å². The zero-order chi connectivity index (χ0) is 17.4. The van der Waals surface area contributed by atoms with Gasteiger partial charge in [0.2, 0.25) is 7.85 Å². The minimum Gasteiger partial charge on any atom is -0.374 e. The molecule has 122 valence electrons. The molecule has 0 saturated heterocycles. The van der Waals surface area contributed by atoms with Crippen LogP contribution in [0.25, 0.3) is 12.2 Å². The molecule has 24 heavy (non-hydrogen) atoms. The Morgan fingerprint density at radius 3 is 2.12 bits per heavy atom. The molecule has 2 radical (unpaired) electrons. The number of hydrogen-bond donors (Lipinski definition) is 0. The van der Waals surface area contributed by atoms with E-state index < -0.39 is 12.5 Å². The van der Waals surface area contributed by atoms with E-state index in [1.165, 1.54) is 4.90 Å². The molecule has 0 atom stereocenters. The van der Waals surface area contributed by atoms with Gasteiger partial charge < -0.3 is 9.64 Å². The lowest BCUT2D eigenvalue weighted by molar-refractivity contribution is 0.106. The molecular weight excluding hydrogens is 303 g/mol. The van der Waals surface area contributed by atoms with Crippen LogP contribution in [0.5, 0.6) is 0 Å². The van der Waals surface area contributed by atoms with Gasteiger partial charge in [0.1, 0.15) is 6.67 Å². The van der Waals surface area contributed by atoms with Crippen LogP contribution in [0.15, 0.2) is 48.5 Å². The molecule has 2 aromatic rings. The summed E-state index contributed by atoms with van der Waals surface area (Å²) in [5.74, 6) is -0.492. The SMILES string of the molecule is [B]C(=O)N(C)c1ccc(/C=C/c2ccc(COCC[18F])cc2)cc1. The van der Waals surface area contributed by atoms with E-state index in [1.54, 1.807) is 7.05 Å². The van der Waals surface area contributed by atoms with E-state index in [1.807, 2.05) is 60.7 Å². The van der Waals surface area contributed by atoms with Crippen LogP contribution in [0.4, 0.5) is 14.9 Å². The first kappa shape index (κ1) is 18.0. The Morgan fingerprint density at radius 1 is 1.08 bits per heavy atom. The number of anilines is 1. The number of amides is 1. The van der Waals surface area contributed by atoms with Crippen LogP contribution in [0.2, 0.25) is 0 Å². The van der Waals surface area contributed by atoms with Crippen molar-refractivity contribution in [1.82, 2.24) is 0 Å². The Labute approximate surface area is 143 Å². The van der Waals surface area contributed by atoms with Crippen LogP contribution in [-0.2, 0) is 11.3 Å². The molecule has 3 nitrogen and oxygen atoms in total. The van der Waals surface area contributed by atoms with E-state index in [-0.39, 0.29) is 6.61 Å². The highest BCUT2D eigenvalue weighted by molar-refractivity contribution is 6.60. The van der Waals surface area contributed by atoms with Crippen molar-refractivity contribution < 1.29 is 13.9 Å². The van der Waals surface area contributed by atoms with Crippen molar-refractivity contribution in [3.63, 3.8) is 0 Å². The van der Waals surface area contributed by atoms with Gasteiger partial charge in [0.25, 0.3) is 0 Å². The largest absolute Gasteiger partial charge is 0.374 e. The van der Waals surface area contributed by atoms with Gasteiger partial charge in [-0.05, 0) is 28.8 Å². The standard InChI is InChI=1S/C19H19BFNO2/c1-22(19(20)23)18-10-8-16(9-11-18)3-2-15-4-6-17(7-5-15)14-24-13-12-21/h2-11H,12-14H2,1H3/b3-2+/i21-1. The van der Waals surface area contributed by atoms with E-state index in [0.29, 0.717) is 6.61 Å². The number of alkyl halides is 1. The molecule has 0 spiro atoms. The zero-order valence-corrected chi connectivity index (χ0v) is 13.6. The van der Waals surface area contributed by atoms with Gasteiger partial charge in [-0.25, -0.2) is 4.39 Å². The quantitative estimate of drug-likeness (QED) is 0.437. The maximum atomic E-state index is 12.0. The van der Waals surface area contributed by atoms with Crippen LogP contribution in [-0.4, -0.2) is 34.0 Å². The van der Waals surface area contributed by atoms with E-state index in [9.17, 15) is 9.18 Å². The highest BCUT2D eigenvalue weighted by Crippen LogP contribution is 2.16. The Kier molecular flexibility index (Phi) is 6.76. The number of carbonyl (C=O) groups is 1. The summed E-state index contributed by atoms with van der Waals surface area (Å²) in [7, 11) is 6.87. The van der Waals surface area contributed by atoms with Crippen LogP contribution in [0, 0.1) is 0 Å². The van der Waals surface area contributed by atoms with Gasteiger partial charge in [-0.2, -0.15) is 0 Å². The third-order valence-corrected chi connectivity index (χ3v) is 3.55. The molecule has 0 saturated carbocycles. The monoisotopic (exact) mass is 322 g/mol. The Hall–Kier alpha value is -2.40. The smallest absolute Gasteiger partial charge is 0.201 e. The number of halogens is 1. The molecule has 0 aliphatic rings. The molecule has 2 aromatic carbocycles. The molecule has 0 fully saturated rings. The number of carbonyl (C=O) groups excluding carboxylic acids is 1. The fourth-order valence-corrected chi connectivity index (χ4v) is 2.10. The summed E-state index contributed by atoms with van der Waals surface area (Å²) >= 11 is 0. The predicted octanol–water partition coefficient (Wildman–Crippen LogP) is 4.07. The van der Waals surface area contributed by atoms with E-state index in [4.69, 9.17) is 12.6 Å². The van der Waals surface area contributed by atoms with Crippen molar-refractivity contribution in [2.24, 2.45) is 0 Å². The van der Waals surface area contributed by atoms with Gasteiger partial charge in [-0.3, -0.25) is 4.79 Å². The zero-order valence-electron chi connectivity index (χ0n) is 13.6. The van der Waals surface area contributed by atoms with Crippen molar-refractivity contribution in [3.05, 3.63) is 65.2 Å². The third-order valence-electron chi connectivity index (χ3n) is 3.55. The lowest BCUT2D eigenvalue weighted by Crippen LogP contribution is -2.24. The number of hydrogen-bond acceptors (Lipinski definition) is 2. The lowest BCUT2D eigenvalue weighted by Gasteiger charge is -2.15. The summed E-state index contributed by atoms with van der Waals surface area (Å²) in [5.41, 5.74) is 3.84. The van der Waals surface area contributed by atoms with E-state index >= 15 is 0 Å². The van der Waals surface area contributed by atoms with Crippen molar-refractivity contribution >= 4 is 31.5 Å². The first-order valence-corrected chi connectivity index (χ1v) is 7.64. The third kappa shape index (κ3) is 5.35. The van der Waals surface area contributed by atoms with Crippen molar-refractivity contribution in [2.45, 2.75) is 6.61 Å². The molecule has 0 heterocycles. The molecule has 5 heteroatoms. The second-order valence-corrected chi connectivity index (χ2v) is 5.31. The van der Waals surface area contributed by atoms with Crippen molar-refractivity contribution in [3.8, 4) is 0 Å². The molecular formula is C19H19BFNO2. The maximum Gasteiger partial charge on any atom is 0.201 e. The summed E-state index contributed by atoms with van der Waals surface area (Å²) in [5, 5.41) is 0. The van der Waals surface area contributed by atoms with Crippen LogP contribution < -0.4 is 4.90 Å². The number of ether oxygens (including phenoxy) is 1. The van der Waals surface area contributed by atoms with Crippen LogP contribution >= 0.6 is 0 Å². The fraction of sp³-hybridized carbons (Fsp3) is 0.211. The molecule has 0 aliphatic carbocycles. The number of rotatable bonds is 7. The molecule has 2 rings (SSSR count). The molecule has 0 aromatic heterocycles. The van der Waals surface area contributed by atoms with Gasteiger partial charge in [0.15, 0.2) is 5.81 Å². The normalized spacial score (nSPS) is 10.9. The van der Waals surface area contributed by atoms with Gasteiger partial charge in [-0.1, -0.05) is 48.6 Å². The minimum atomic E-state index is -0.492. The Balaban J connectivity index is 1.96. The predicted molar refractivity (Wildman–Crippen MR) is 97.0 cm³/mol. The number of benzene rings is 2. The summed E-state index contributed by atoms with van der Waals surface area (Å²) in [4.78, 5) is 12.5. The van der Waals surface area contributed by atoms with E-state index in [2.05, 4.69) is 0 Å². The Bertz CT molecular complexity index is 684. The summed E-state index contributed by atoms with van der Waals surface area (Å²) in [6.07, 6.45) is 3.99. The second kappa shape index (κ2) is 9.04.